The molecule has 8 nitrogen and oxygen atoms in total. The third kappa shape index (κ3) is 13.9. The molecule has 4 atom stereocenters. The molecule has 0 bridgehead atoms. The highest BCUT2D eigenvalue weighted by Crippen LogP contribution is 2.42. The molecule has 6 N–H and O–H groups in total. The molecule has 0 unspecified atom stereocenters. The van der Waals surface area contributed by atoms with Crippen molar-refractivity contribution in [3.05, 3.63) is 114 Å². The first-order chi connectivity index (χ1) is 28.1. The molecule has 0 aliphatic heterocycles. The largest absolute Gasteiger partial charge is 0.390 e. The molecule has 2 amide bonds. The van der Waals surface area contributed by atoms with Crippen molar-refractivity contribution in [1.82, 2.24) is 21.3 Å². The summed E-state index contributed by atoms with van der Waals surface area (Å²) >= 11 is 6.93. The molecule has 322 valence electrons. The number of carbonyl (C=O) groups excluding carboxylic acids is 2. The number of thiophene rings is 2. The molecule has 2 aliphatic carbocycles. The highest BCUT2D eigenvalue weighted by molar-refractivity contribution is 9.11. The molecule has 2 fully saturated rings. The summed E-state index contributed by atoms with van der Waals surface area (Å²) < 4.78 is 55.3. The van der Waals surface area contributed by atoms with Crippen LogP contribution in [-0.4, -0.2) is 59.4 Å². The number of aliphatic hydroxyl groups excluding tert-OH is 2. The molecule has 0 spiro atoms. The molecule has 59 heavy (non-hydrogen) atoms. The van der Waals surface area contributed by atoms with Gasteiger partial charge in [0.25, 0.3) is 0 Å². The van der Waals surface area contributed by atoms with Gasteiger partial charge < -0.3 is 31.5 Å². The molecule has 2 saturated carbocycles. The second kappa shape index (κ2) is 22.1. The van der Waals surface area contributed by atoms with Crippen LogP contribution in [0, 0.1) is 23.3 Å². The van der Waals surface area contributed by atoms with Gasteiger partial charge in [-0.25, -0.2) is 17.6 Å². The van der Waals surface area contributed by atoms with Gasteiger partial charge in [0.15, 0.2) is 0 Å². The maximum absolute atomic E-state index is 13.6. The van der Waals surface area contributed by atoms with Crippen molar-refractivity contribution in [2.75, 3.05) is 13.1 Å². The summed E-state index contributed by atoms with van der Waals surface area (Å²) in [7, 11) is 0. The van der Waals surface area contributed by atoms with E-state index in [1.54, 1.807) is 22.7 Å². The SMILES string of the molecule is CC(=O)N[C@@H](Cc1cc(F)cc(F)c1)[C@H](O)CNC1(c2ccc(Br)s2)CCCCC1.CC(=O)N[C@@H](Cc1cc(F)cc(F)c1)[C@H](O)CNC1(c2cccs2)CCCCC1. The Balaban J connectivity index is 0.000000224. The second-order valence-corrected chi connectivity index (χ2v) is 19.3. The molecule has 4 aromatic rings. The van der Waals surface area contributed by atoms with E-state index >= 15 is 0 Å². The molecule has 2 aliphatic rings. The first-order valence-corrected chi connectivity index (χ1v) is 22.7. The number of nitrogens with one attached hydrogen (secondary N) is 4. The van der Waals surface area contributed by atoms with Crippen molar-refractivity contribution >= 4 is 50.4 Å². The van der Waals surface area contributed by atoms with Crippen molar-refractivity contribution < 1.29 is 37.4 Å². The van der Waals surface area contributed by atoms with Gasteiger partial charge in [-0.3, -0.25) is 9.59 Å². The Labute approximate surface area is 360 Å². The van der Waals surface area contributed by atoms with Gasteiger partial charge in [0.2, 0.25) is 11.8 Å². The van der Waals surface area contributed by atoms with Gasteiger partial charge in [-0.15, -0.1) is 22.7 Å². The minimum absolute atomic E-state index is 0.134. The van der Waals surface area contributed by atoms with E-state index in [1.807, 2.05) is 12.1 Å². The van der Waals surface area contributed by atoms with Crippen molar-refractivity contribution in [2.24, 2.45) is 0 Å². The predicted octanol–water partition coefficient (Wildman–Crippen LogP) is 8.53. The van der Waals surface area contributed by atoms with Crippen LogP contribution in [0.3, 0.4) is 0 Å². The first kappa shape index (κ1) is 46.9. The van der Waals surface area contributed by atoms with Gasteiger partial charge >= 0.3 is 0 Å². The molecular weight excluding hydrogens is 869 g/mol. The normalized spacial score (nSPS) is 18.1. The Hall–Kier alpha value is -3.18. The lowest BCUT2D eigenvalue weighted by molar-refractivity contribution is -0.121. The van der Waals surface area contributed by atoms with Crippen LogP contribution in [0.15, 0.2) is 69.8 Å². The third-order valence-corrected chi connectivity index (χ3v) is 14.1. The summed E-state index contributed by atoms with van der Waals surface area (Å²) in [5.74, 6) is -3.30. The monoisotopic (exact) mass is 922 g/mol. The smallest absolute Gasteiger partial charge is 0.217 e. The predicted molar refractivity (Wildman–Crippen MR) is 229 cm³/mol. The Bertz CT molecular complexity index is 1920. The van der Waals surface area contributed by atoms with Crippen LogP contribution in [-0.2, 0) is 33.5 Å². The van der Waals surface area contributed by atoms with Gasteiger partial charge in [-0.1, -0.05) is 44.6 Å². The van der Waals surface area contributed by atoms with E-state index in [1.165, 1.54) is 60.7 Å². The molecule has 6 rings (SSSR count). The minimum atomic E-state index is -0.914. The van der Waals surface area contributed by atoms with Gasteiger partial charge in [0, 0.05) is 48.8 Å². The summed E-state index contributed by atoms with van der Waals surface area (Å²) in [6, 6.07) is 13.5. The Kier molecular flexibility index (Phi) is 17.5. The zero-order chi connectivity index (χ0) is 42.6. The summed E-state index contributed by atoms with van der Waals surface area (Å²) in [6.07, 6.45) is 9.28. The number of rotatable bonds is 16. The Morgan fingerprint density at radius 3 is 1.44 bits per heavy atom. The van der Waals surface area contributed by atoms with Gasteiger partial charge in [0.05, 0.1) is 39.2 Å². The number of benzene rings is 2. The molecule has 0 saturated heterocycles. The van der Waals surface area contributed by atoms with Crippen LogP contribution in [0.4, 0.5) is 17.6 Å². The number of hydrogen-bond acceptors (Lipinski definition) is 8. The minimum Gasteiger partial charge on any atom is -0.390 e. The van der Waals surface area contributed by atoms with Crippen LogP contribution >= 0.6 is 38.6 Å². The number of aliphatic hydroxyl groups is 2. The van der Waals surface area contributed by atoms with E-state index in [0.29, 0.717) is 11.1 Å². The number of carbonyl (C=O) groups is 2. The maximum Gasteiger partial charge on any atom is 0.217 e. The van der Waals surface area contributed by atoms with E-state index < -0.39 is 47.6 Å². The number of halogens is 5. The molecule has 2 aromatic carbocycles. The molecule has 0 radical (unpaired) electrons. The van der Waals surface area contributed by atoms with E-state index in [4.69, 9.17) is 0 Å². The van der Waals surface area contributed by atoms with E-state index in [2.05, 4.69) is 54.7 Å². The molecule has 2 aromatic heterocycles. The topological polar surface area (TPSA) is 123 Å². The van der Waals surface area contributed by atoms with Crippen LogP contribution in [0.1, 0.15) is 98.9 Å². The summed E-state index contributed by atoms with van der Waals surface area (Å²) in [6.45, 7) is 3.28. The fraction of sp³-hybridized carbons (Fsp3) is 0.500. The first-order valence-electron chi connectivity index (χ1n) is 20.3. The fourth-order valence-corrected chi connectivity index (χ4v) is 11.0. The third-order valence-electron chi connectivity index (χ3n) is 11.2. The molecular formula is C44H55BrF4N4O4S2. The van der Waals surface area contributed by atoms with Gasteiger partial charge in [-0.2, -0.15) is 0 Å². The number of amides is 2. The highest BCUT2D eigenvalue weighted by atomic mass is 79.9. The van der Waals surface area contributed by atoms with Crippen LogP contribution in [0.5, 0.6) is 0 Å². The zero-order valence-electron chi connectivity index (χ0n) is 33.5. The van der Waals surface area contributed by atoms with Crippen LogP contribution in [0.2, 0.25) is 0 Å². The molecule has 15 heteroatoms. The molecule has 2 heterocycles. The lowest BCUT2D eigenvalue weighted by Crippen LogP contribution is -2.52. The fourth-order valence-electron chi connectivity index (χ4n) is 8.39. The number of hydrogen-bond donors (Lipinski definition) is 6. The van der Waals surface area contributed by atoms with Crippen molar-refractivity contribution in [3.8, 4) is 0 Å². The summed E-state index contributed by atoms with van der Waals surface area (Å²) in [4.78, 5) is 25.8. The second-order valence-electron chi connectivity index (χ2n) is 15.8. The standard InChI is InChI=1S/C22H27BrF2N2O2S.C22H28F2N2O2S/c1-14(28)27-18(11-15-9-16(24)12-17(25)10-15)19(29)13-26-22(7-3-2-4-8-22)20-5-6-21(23)30-20;1-15(27)26-19(12-16-10-17(23)13-18(24)11-16)20(28)14-25-22(7-3-2-4-8-22)21-6-5-9-29-21/h5-6,9-10,12,18-19,26,29H,2-4,7-8,11,13H2,1H3,(H,27,28);5-6,9-11,13,19-20,25,28H,2-4,7-8,12,14H2,1H3,(H,26,27)/t18-,19+;19-,20+/m00/s1. The average molecular weight is 924 g/mol. The quantitative estimate of drug-likeness (QED) is 0.0627. The van der Waals surface area contributed by atoms with Crippen molar-refractivity contribution in [1.29, 1.82) is 0 Å². The Morgan fingerprint density at radius 2 is 1.08 bits per heavy atom. The Morgan fingerprint density at radius 1 is 0.661 bits per heavy atom. The zero-order valence-corrected chi connectivity index (χ0v) is 36.7. The summed E-state index contributed by atoms with van der Waals surface area (Å²) in [5, 5.41) is 36.4. The maximum atomic E-state index is 13.6. The lowest BCUT2D eigenvalue weighted by atomic mass is 9.80. The van der Waals surface area contributed by atoms with Gasteiger partial charge in [-0.05, 0) is 113 Å². The van der Waals surface area contributed by atoms with Gasteiger partial charge in [0.1, 0.15) is 23.3 Å². The highest BCUT2D eigenvalue weighted by Gasteiger charge is 2.37. The van der Waals surface area contributed by atoms with E-state index in [-0.39, 0.29) is 48.8 Å². The van der Waals surface area contributed by atoms with Crippen molar-refractivity contribution in [3.63, 3.8) is 0 Å². The average Bonchev–Trinajstić information content (AvgIpc) is 3.89. The van der Waals surface area contributed by atoms with E-state index in [9.17, 15) is 37.4 Å². The van der Waals surface area contributed by atoms with Crippen molar-refractivity contribution in [2.45, 2.75) is 126 Å². The van der Waals surface area contributed by atoms with Crippen LogP contribution < -0.4 is 21.3 Å². The lowest BCUT2D eigenvalue weighted by Gasteiger charge is -2.39. The summed E-state index contributed by atoms with van der Waals surface area (Å²) in [5.41, 5.74) is 0.409. The van der Waals surface area contributed by atoms with E-state index in [0.717, 1.165) is 67.3 Å². The van der Waals surface area contributed by atoms with Crippen LogP contribution in [0.25, 0.3) is 0 Å².